The van der Waals surface area contributed by atoms with Crippen LogP contribution in [-0.2, 0) is 0 Å². The van der Waals surface area contributed by atoms with Gasteiger partial charge in [0.25, 0.3) is 0 Å². The number of nitrogens with zero attached hydrogens (tertiary/aromatic N) is 1. The van der Waals surface area contributed by atoms with Gasteiger partial charge in [0.1, 0.15) is 12.3 Å². The molecule has 2 saturated heterocycles. The van der Waals surface area contributed by atoms with Gasteiger partial charge in [0, 0.05) is 19.1 Å². The van der Waals surface area contributed by atoms with Crippen molar-refractivity contribution in [2.45, 2.75) is 31.2 Å². The van der Waals surface area contributed by atoms with Gasteiger partial charge in [0.15, 0.2) is 0 Å². The zero-order chi connectivity index (χ0) is 7.14. The molecule has 2 unspecified atom stereocenters. The van der Waals surface area contributed by atoms with Crippen LogP contribution >= 0.6 is 0 Å². The van der Waals surface area contributed by atoms with Gasteiger partial charge in [0.2, 0.25) is 0 Å². The summed E-state index contributed by atoms with van der Waals surface area (Å²) in [5.74, 6) is 0. The highest BCUT2D eigenvalue weighted by Crippen LogP contribution is 2.30. The minimum absolute atomic E-state index is 0.213. The van der Waals surface area contributed by atoms with E-state index in [1.807, 2.05) is 4.90 Å². The molecule has 2 atom stereocenters. The first-order chi connectivity index (χ1) is 4.75. The monoisotopic (exact) mass is 147 g/mol. The van der Waals surface area contributed by atoms with E-state index < -0.39 is 12.3 Å². The molecule has 2 aliphatic heterocycles. The third-order valence-corrected chi connectivity index (χ3v) is 2.44. The van der Waals surface area contributed by atoms with Crippen LogP contribution in [0.5, 0.6) is 0 Å². The summed E-state index contributed by atoms with van der Waals surface area (Å²) in [5, 5.41) is 0. The second kappa shape index (κ2) is 2.16. The molecular formula is C7H11F2N. The highest BCUT2D eigenvalue weighted by molar-refractivity contribution is 4.93. The van der Waals surface area contributed by atoms with Crippen molar-refractivity contribution < 1.29 is 8.78 Å². The molecule has 0 N–H and O–H groups in total. The molecular weight excluding hydrogens is 136 g/mol. The Morgan fingerprint density at radius 1 is 1.00 bits per heavy atom. The maximum atomic E-state index is 12.6. The minimum atomic E-state index is -0.697. The molecule has 0 aromatic heterocycles. The molecule has 0 saturated carbocycles. The van der Waals surface area contributed by atoms with Crippen molar-refractivity contribution in [3.63, 3.8) is 0 Å². The molecule has 0 aliphatic carbocycles. The lowest BCUT2D eigenvalue weighted by atomic mass is 10.1. The summed E-state index contributed by atoms with van der Waals surface area (Å²) >= 11 is 0. The summed E-state index contributed by atoms with van der Waals surface area (Å²) in [5.41, 5.74) is 0. The topological polar surface area (TPSA) is 3.24 Å². The predicted octanol–water partition coefficient (Wildman–Crippen LogP) is 1.14. The van der Waals surface area contributed by atoms with Gasteiger partial charge in [-0.15, -0.1) is 0 Å². The Labute approximate surface area is 59.0 Å². The number of halogens is 2. The summed E-state index contributed by atoms with van der Waals surface area (Å²) in [6.07, 6.45) is -0.282. The van der Waals surface area contributed by atoms with E-state index in [-0.39, 0.29) is 6.04 Å². The van der Waals surface area contributed by atoms with E-state index in [0.717, 1.165) is 0 Å². The first-order valence-corrected chi connectivity index (χ1v) is 3.78. The van der Waals surface area contributed by atoms with E-state index in [2.05, 4.69) is 0 Å². The van der Waals surface area contributed by atoms with Crippen LogP contribution in [0.4, 0.5) is 8.78 Å². The highest BCUT2D eigenvalue weighted by Gasteiger charge is 2.39. The highest BCUT2D eigenvalue weighted by atomic mass is 19.1. The normalized spacial score (nSPS) is 48.0. The third-order valence-electron chi connectivity index (χ3n) is 2.44. The smallest absolute Gasteiger partial charge is 0.114 e. The lowest BCUT2D eigenvalue weighted by Gasteiger charge is -2.11. The van der Waals surface area contributed by atoms with E-state index >= 15 is 0 Å². The number of fused-ring (bicyclic) bond motifs is 1. The number of rotatable bonds is 0. The van der Waals surface area contributed by atoms with Crippen molar-refractivity contribution in [2.24, 2.45) is 0 Å². The lowest BCUT2D eigenvalue weighted by molar-refractivity contribution is 0.260. The SMILES string of the molecule is FC1CC2CC(F)CN2C1. The zero-order valence-electron chi connectivity index (χ0n) is 5.76. The molecule has 3 heteroatoms. The van der Waals surface area contributed by atoms with E-state index in [9.17, 15) is 8.78 Å². The number of alkyl halides is 2. The average molecular weight is 147 g/mol. The Balaban J connectivity index is 2.00. The molecule has 2 aliphatic rings. The van der Waals surface area contributed by atoms with Gasteiger partial charge < -0.3 is 0 Å². The van der Waals surface area contributed by atoms with Crippen LogP contribution < -0.4 is 0 Å². The molecule has 58 valence electrons. The van der Waals surface area contributed by atoms with E-state index in [4.69, 9.17) is 0 Å². The Morgan fingerprint density at radius 3 is 1.90 bits per heavy atom. The van der Waals surface area contributed by atoms with Crippen LogP contribution in [0, 0.1) is 0 Å². The third kappa shape index (κ3) is 0.926. The van der Waals surface area contributed by atoms with Gasteiger partial charge in [-0.3, -0.25) is 4.90 Å². The fourth-order valence-corrected chi connectivity index (χ4v) is 2.02. The van der Waals surface area contributed by atoms with Crippen LogP contribution in [0.3, 0.4) is 0 Å². The lowest BCUT2D eigenvalue weighted by Crippen LogP contribution is -2.23. The Bertz CT molecular complexity index is 112. The van der Waals surface area contributed by atoms with E-state index in [1.54, 1.807) is 0 Å². The van der Waals surface area contributed by atoms with Gasteiger partial charge in [-0.2, -0.15) is 0 Å². The van der Waals surface area contributed by atoms with E-state index in [0.29, 0.717) is 25.9 Å². The first-order valence-electron chi connectivity index (χ1n) is 3.78. The Morgan fingerprint density at radius 2 is 1.50 bits per heavy atom. The second-order valence-corrected chi connectivity index (χ2v) is 3.27. The standard InChI is InChI=1S/C7H11F2N/c8-5-1-7-2-6(9)4-10(7)3-5/h5-7H,1-4H2. The summed E-state index contributed by atoms with van der Waals surface area (Å²) in [6, 6.07) is 0.213. The maximum Gasteiger partial charge on any atom is 0.114 e. The molecule has 2 heterocycles. The zero-order valence-corrected chi connectivity index (χ0v) is 5.76. The first kappa shape index (κ1) is 6.53. The van der Waals surface area contributed by atoms with Crippen LogP contribution in [0.25, 0.3) is 0 Å². The largest absolute Gasteiger partial charge is 0.294 e. The van der Waals surface area contributed by atoms with Crippen molar-refractivity contribution in [3.05, 3.63) is 0 Å². The Kier molecular flexibility index (Phi) is 1.41. The maximum absolute atomic E-state index is 12.6. The van der Waals surface area contributed by atoms with Gasteiger partial charge in [-0.25, -0.2) is 8.78 Å². The van der Waals surface area contributed by atoms with Gasteiger partial charge in [-0.05, 0) is 12.8 Å². The molecule has 0 aromatic rings. The summed E-state index contributed by atoms with van der Waals surface area (Å²) in [7, 11) is 0. The molecule has 0 spiro atoms. The van der Waals surface area contributed by atoms with Crippen molar-refractivity contribution >= 4 is 0 Å². The predicted molar refractivity (Wildman–Crippen MR) is 34.4 cm³/mol. The van der Waals surface area contributed by atoms with Crippen LogP contribution in [0.2, 0.25) is 0 Å². The molecule has 2 fully saturated rings. The summed E-state index contributed by atoms with van der Waals surface area (Å²) in [4.78, 5) is 1.93. The molecule has 1 nitrogen and oxygen atoms in total. The van der Waals surface area contributed by atoms with Crippen molar-refractivity contribution in [2.75, 3.05) is 13.1 Å². The quantitative estimate of drug-likeness (QED) is 0.496. The summed E-state index contributed by atoms with van der Waals surface area (Å²) in [6.45, 7) is 0.927. The van der Waals surface area contributed by atoms with Crippen molar-refractivity contribution in [3.8, 4) is 0 Å². The minimum Gasteiger partial charge on any atom is -0.294 e. The molecule has 0 radical (unpaired) electrons. The van der Waals surface area contributed by atoms with Gasteiger partial charge >= 0.3 is 0 Å². The summed E-state index contributed by atoms with van der Waals surface area (Å²) < 4.78 is 25.2. The van der Waals surface area contributed by atoms with Gasteiger partial charge in [0.05, 0.1) is 0 Å². The Hall–Kier alpha value is -0.180. The van der Waals surface area contributed by atoms with Crippen LogP contribution in [-0.4, -0.2) is 36.4 Å². The van der Waals surface area contributed by atoms with Crippen LogP contribution in [0.1, 0.15) is 12.8 Å². The number of hydrogen-bond acceptors (Lipinski definition) is 1. The molecule has 2 rings (SSSR count). The fraction of sp³-hybridized carbons (Fsp3) is 1.00. The van der Waals surface area contributed by atoms with Crippen molar-refractivity contribution in [1.82, 2.24) is 4.90 Å². The van der Waals surface area contributed by atoms with Crippen molar-refractivity contribution in [1.29, 1.82) is 0 Å². The molecule has 10 heavy (non-hydrogen) atoms. The molecule has 0 amide bonds. The molecule has 0 bridgehead atoms. The van der Waals surface area contributed by atoms with Gasteiger partial charge in [-0.1, -0.05) is 0 Å². The molecule has 0 aromatic carbocycles. The second-order valence-electron chi connectivity index (χ2n) is 3.27. The van der Waals surface area contributed by atoms with E-state index in [1.165, 1.54) is 0 Å². The van der Waals surface area contributed by atoms with Crippen LogP contribution in [0.15, 0.2) is 0 Å². The average Bonchev–Trinajstić information content (AvgIpc) is 2.21. The fourth-order valence-electron chi connectivity index (χ4n) is 2.02. The number of hydrogen-bond donors (Lipinski definition) is 0.